The van der Waals surface area contributed by atoms with Gasteiger partial charge in [0.1, 0.15) is 11.8 Å². The summed E-state index contributed by atoms with van der Waals surface area (Å²) in [5.74, 6) is 1.50. The van der Waals surface area contributed by atoms with Crippen molar-refractivity contribution in [2.45, 2.75) is 19.4 Å². The number of hydrogen-bond acceptors (Lipinski definition) is 5. The highest BCUT2D eigenvalue weighted by atomic mass is 16.6. The average molecular weight is 398 g/mol. The second kappa shape index (κ2) is 7.11. The quantitative estimate of drug-likeness (QED) is 0.337. The zero-order chi connectivity index (χ0) is 20.7. The van der Waals surface area contributed by atoms with Crippen LogP contribution in [0.1, 0.15) is 29.5 Å². The number of furan rings is 1. The Morgan fingerprint density at radius 1 is 1.07 bits per heavy atom. The summed E-state index contributed by atoms with van der Waals surface area (Å²) < 4.78 is 7.61. The van der Waals surface area contributed by atoms with Crippen LogP contribution < -0.4 is 0 Å². The number of nitrogens with zero attached hydrogens (tertiary/aromatic N) is 4. The van der Waals surface area contributed by atoms with E-state index < -0.39 is 0 Å². The highest BCUT2D eigenvalue weighted by Crippen LogP contribution is 2.41. The molecule has 0 unspecified atom stereocenters. The summed E-state index contributed by atoms with van der Waals surface area (Å²) >= 11 is 0. The van der Waals surface area contributed by atoms with Crippen molar-refractivity contribution >= 4 is 17.2 Å². The average Bonchev–Trinajstić information content (AvgIpc) is 3.41. The SMILES string of the molecule is Cc1nn2c(c1-c1ccccc1)N=C(c1cccc([N+](=O)[O-])c1)C[C@@H]2c1ccco1. The molecule has 0 spiro atoms. The molecule has 0 fully saturated rings. The molecule has 0 aliphatic carbocycles. The van der Waals surface area contributed by atoms with E-state index in [0.29, 0.717) is 6.42 Å². The number of aromatic nitrogens is 2. The molecule has 7 heteroatoms. The molecule has 148 valence electrons. The van der Waals surface area contributed by atoms with Gasteiger partial charge >= 0.3 is 0 Å². The lowest BCUT2D eigenvalue weighted by molar-refractivity contribution is -0.384. The fraction of sp³-hybridized carbons (Fsp3) is 0.130. The first-order valence-corrected chi connectivity index (χ1v) is 9.62. The van der Waals surface area contributed by atoms with E-state index >= 15 is 0 Å². The number of benzene rings is 2. The number of rotatable bonds is 4. The van der Waals surface area contributed by atoms with Crippen LogP contribution in [-0.2, 0) is 0 Å². The Bertz CT molecular complexity index is 1260. The van der Waals surface area contributed by atoms with Crippen molar-refractivity contribution in [3.05, 3.63) is 100 Å². The van der Waals surface area contributed by atoms with E-state index in [-0.39, 0.29) is 16.7 Å². The summed E-state index contributed by atoms with van der Waals surface area (Å²) in [6.45, 7) is 1.97. The molecule has 0 saturated heterocycles. The minimum absolute atomic E-state index is 0.0447. The Morgan fingerprint density at radius 3 is 2.60 bits per heavy atom. The number of nitro groups is 1. The van der Waals surface area contributed by atoms with Crippen molar-refractivity contribution < 1.29 is 9.34 Å². The molecule has 1 aliphatic heterocycles. The molecule has 4 aromatic rings. The third-order valence-corrected chi connectivity index (χ3v) is 5.31. The lowest BCUT2D eigenvalue weighted by Crippen LogP contribution is -2.21. The van der Waals surface area contributed by atoms with Crippen molar-refractivity contribution in [2.75, 3.05) is 0 Å². The molecule has 1 atom stereocenters. The Kier molecular flexibility index (Phi) is 4.28. The molecular formula is C23H18N4O3. The summed E-state index contributed by atoms with van der Waals surface area (Å²) in [6, 6.07) is 20.2. The number of non-ortho nitro benzene ring substituents is 1. The number of aryl methyl sites for hydroxylation is 1. The summed E-state index contributed by atoms with van der Waals surface area (Å²) in [5, 5.41) is 16.0. The van der Waals surface area contributed by atoms with E-state index in [2.05, 4.69) is 0 Å². The van der Waals surface area contributed by atoms with E-state index in [1.54, 1.807) is 18.4 Å². The first-order valence-electron chi connectivity index (χ1n) is 9.62. The Morgan fingerprint density at radius 2 is 1.87 bits per heavy atom. The fourth-order valence-corrected chi connectivity index (χ4v) is 3.93. The van der Waals surface area contributed by atoms with Crippen molar-refractivity contribution in [3.63, 3.8) is 0 Å². The van der Waals surface area contributed by atoms with Gasteiger partial charge in [0.25, 0.3) is 5.69 Å². The summed E-state index contributed by atoms with van der Waals surface area (Å²) in [7, 11) is 0. The summed E-state index contributed by atoms with van der Waals surface area (Å²) in [6.07, 6.45) is 2.17. The highest BCUT2D eigenvalue weighted by Gasteiger charge is 2.31. The highest BCUT2D eigenvalue weighted by molar-refractivity contribution is 6.04. The number of hydrogen-bond donors (Lipinski definition) is 0. The van der Waals surface area contributed by atoms with Crippen LogP contribution >= 0.6 is 0 Å². The van der Waals surface area contributed by atoms with Gasteiger partial charge in [-0.25, -0.2) is 9.67 Å². The van der Waals surface area contributed by atoms with Crippen molar-refractivity contribution in [3.8, 4) is 11.1 Å². The predicted octanol–water partition coefficient (Wildman–Crippen LogP) is 5.47. The monoisotopic (exact) mass is 398 g/mol. The summed E-state index contributed by atoms with van der Waals surface area (Å²) in [5.41, 5.74) is 4.39. The van der Waals surface area contributed by atoms with Gasteiger partial charge in [-0.3, -0.25) is 10.1 Å². The zero-order valence-corrected chi connectivity index (χ0v) is 16.2. The van der Waals surface area contributed by atoms with Crippen LogP contribution in [0.2, 0.25) is 0 Å². The summed E-state index contributed by atoms with van der Waals surface area (Å²) in [4.78, 5) is 15.8. The van der Waals surface area contributed by atoms with Gasteiger partial charge in [0, 0.05) is 29.7 Å². The fourth-order valence-electron chi connectivity index (χ4n) is 3.93. The number of aliphatic imine (C=N–C) groups is 1. The normalized spacial score (nSPS) is 15.5. The number of fused-ring (bicyclic) bond motifs is 1. The van der Waals surface area contributed by atoms with Crippen LogP contribution in [0.15, 0.2) is 82.4 Å². The van der Waals surface area contributed by atoms with Gasteiger partial charge in [0.05, 0.1) is 22.6 Å². The minimum Gasteiger partial charge on any atom is -0.467 e. The molecule has 0 radical (unpaired) electrons. The Labute approximate surface area is 172 Å². The molecule has 0 amide bonds. The number of nitro benzene ring substituents is 1. The van der Waals surface area contributed by atoms with E-state index in [4.69, 9.17) is 14.5 Å². The molecule has 1 aliphatic rings. The molecule has 2 aromatic carbocycles. The Balaban J connectivity index is 1.72. The molecule has 0 bridgehead atoms. The maximum Gasteiger partial charge on any atom is 0.270 e. The molecule has 7 nitrogen and oxygen atoms in total. The van der Waals surface area contributed by atoms with Gasteiger partial charge in [-0.2, -0.15) is 5.10 Å². The smallest absolute Gasteiger partial charge is 0.270 e. The molecule has 2 aromatic heterocycles. The van der Waals surface area contributed by atoms with Crippen LogP contribution in [-0.4, -0.2) is 20.4 Å². The maximum absolute atomic E-state index is 11.3. The van der Waals surface area contributed by atoms with Gasteiger partial charge in [0.15, 0.2) is 5.82 Å². The zero-order valence-electron chi connectivity index (χ0n) is 16.2. The largest absolute Gasteiger partial charge is 0.467 e. The minimum atomic E-state index is -0.388. The topological polar surface area (TPSA) is 86.5 Å². The van der Waals surface area contributed by atoms with Crippen molar-refractivity contribution in [1.29, 1.82) is 0 Å². The van der Waals surface area contributed by atoms with Crippen LogP contribution in [0.5, 0.6) is 0 Å². The van der Waals surface area contributed by atoms with Crippen LogP contribution in [0, 0.1) is 17.0 Å². The van der Waals surface area contributed by atoms with E-state index in [1.807, 2.05) is 60.1 Å². The molecule has 30 heavy (non-hydrogen) atoms. The maximum atomic E-state index is 11.3. The van der Waals surface area contributed by atoms with E-state index in [9.17, 15) is 10.1 Å². The van der Waals surface area contributed by atoms with Crippen molar-refractivity contribution in [2.24, 2.45) is 4.99 Å². The van der Waals surface area contributed by atoms with E-state index in [1.165, 1.54) is 6.07 Å². The van der Waals surface area contributed by atoms with Gasteiger partial charge in [0.2, 0.25) is 0 Å². The first-order chi connectivity index (χ1) is 14.6. The van der Waals surface area contributed by atoms with Gasteiger partial charge in [-0.1, -0.05) is 42.5 Å². The lowest BCUT2D eigenvalue weighted by atomic mass is 9.98. The second-order valence-corrected chi connectivity index (χ2v) is 7.20. The standard InChI is InChI=1S/C23H18N4O3/c1-15-22(16-7-3-2-4-8-16)23-24-19(17-9-5-10-18(13-17)27(28)29)14-20(26(23)25-15)21-11-6-12-30-21/h2-13,20H,14H2,1H3/t20-/m1/s1. The van der Waals surface area contributed by atoms with Gasteiger partial charge < -0.3 is 4.42 Å². The van der Waals surface area contributed by atoms with E-state index in [0.717, 1.165) is 39.7 Å². The van der Waals surface area contributed by atoms with Crippen LogP contribution in [0.4, 0.5) is 11.5 Å². The third kappa shape index (κ3) is 3.00. The van der Waals surface area contributed by atoms with Crippen LogP contribution in [0.3, 0.4) is 0 Å². The first kappa shape index (κ1) is 18.1. The molecule has 0 saturated carbocycles. The second-order valence-electron chi connectivity index (χ2n) is 7.20. The Hall–Kier alpha value is -4.00. The van der Waals surface area contributed by atoms with Crippen molar-refractivity contribution in [1.82, 2.24) is 9.78 Å². The molecule has 3 heterocycles. The predicted molar refractivity (Wildman–Crippen MR) is 113 cm³/mol. The van der Waals surface area contributed by atoms with Gasteiger partial charge in [-0.15, -0.1) is 0 Å². The van der Waals surface area contributed by atoms with Crippen LogP contribution in [0.25, 0.3) is 11.1 Å². The lowest BCUT2D eigenvalue weighted by Gasteiger charge is -2.23. The third-order valence-electron chi connectivity index (χ3n) is 5.31. The molecular weight excluding hydrogens is 380 g/mol. The molecule has 5 rings (SSSR count). The van der Waals surface area contributed by atoms with Gasteiger partial charge in [-0.05, 0) is 24.6 Å². The molecule has 0 N–H and O–H groups in total.